The molecule has 0 radical (unpaired) electrons. The number of rotatable bonds is 1. The van der Waals surface area contributed by atoms with Crippen LogP contribution in [0.5, 0.6) is 5.75 Å². The van der Waals surface area contributed by atoms with Crippen molar-refractivity contribution in [1.29, 1.82) is 0 Å². The van der Waals surface area contributed by atoms with E-state index in [0.29, 0.717) is 5.82 Å². The highest BCUT2D eigenvalue weighted by molar-refractivity contribution is 5.91. The summed E-state index contributed by atoms with van der Waals surface area (Å²) in [4.78, 5) is 3.03. The molecule has 3 N–H and O–H groups in total. The summed E-state index contributed by atoms with van der Waals surface area (Å²) < 4.78 is 5.14. The van der Waals surface area contributed by atoms with Crippen LogP contribution < -0.4 is 10.5 Å². The molecule has 0 aliphatic heterocycles. The number of aromatic nitrogens is 1. The zero-order valence-corrected chi connectivity index (χ0v) is 6.79. The molecule has 0 fully saturated rings. The van der Waals surface area contributed by atoms with Crippen molar-refractivity contribution in [1.82, 2.24) is 4.98 Å². The Morgan fingerprint density at radius 1 is 1.33 bits per heavy atom. The molecule has 1 aromatic heterocycles. The standard InChI is InChI=1S/C9H10N2O/c1-12-8-6-4-2-3-5-7(6)11-9(8)10/h2-5,11H,10H2,1H3. The van der Waals surface area contributed by atoms with Gasteiger partial charge in [-0.2, -0.15) is 0 Å². The summed E-state index contributed by atoms with van der Waals surface area (Å²) in [7, 11) is 1.62. The number of fused-ring (bicyclic) bond motifs is 1. The van der Waals surface area contributed by atoms with Crippen molar-refractivity contribution in [3.63, 3.8) is 0 Å². The summed E-state index contributed by atoms with van der Waals surface area (Å²) in [5.74, 6) is 1.31. The summed E-state index contributed by atoms with van der Waals surface area (Å²) in [6.45, 7) is 0. The van der Waals surface area contributed by atoms with Crippen LogP contribution in [-0.2, 0) is 0 Å². The number of ether oxygens (including phenoxy) is 1. The Bertz CT molecular complexity index is 406. The van der Waals surface area contributed by atoms with E-state index in [-0.39, 0.29) is 0 Å². The fourth-order valence-corrected chi connectivity index (χ4v) is 1.36. The van der Waals surface area contributed by atoms with Gasteiger partial charge < -0.3 is 15.5 Å². The predicted octanol–water partition coefficient (Wildman–Crippen LogP) is 1.76. The number of anilines is 1. The molecule has 1 aromatic carbocycles. The van der Waals surface area contributed by atoms with Crippen LogP contribution in [0.25, 0.3) is 10.9 Å². The topological polar surface area (TPSA) is 51.0 Å². The Balaban J connectivity index is 2.81. The number of nitrogens with two attached hydrogens (primary N) is 1. The molecule has 2 aromatic rings. The molecular weight excluding hydrogens is 152 g/mol. The van der Waals surface area contributed by atoms with Gasteiger partial charge in [0, 0.05) is 5.39 Å². The highest BCUT2D eigenvalue weighted by Gasteiger charge is 2.06. The largest absolute Gasteiger partial charge is 0.492 e. The summed E-state index contributed by atoms with van der Waals surface area (Å²) in [5, 5.41) is 1.03. The fraction of sp³-hybridized carbons (Fsp3) is 0.111. The quantitative estimate of drug-likeness (QED) is 0.671. The van der Waals surface area contributed by atoms with Crippen LogP contribution in [-0.4, -0.2) is 12.1 Å². The molecule has 0 bridgehead atoms. The lowest BCUT2D eigenvalue weighted by atomic mass is 10.2. The number of para-hydroxylation sites is 1. The van der Waals surface area contributed by atoms with Crippen molar-refractivity contribution in [3.05, 3.63) is 24.3 Å². The van der Waals surface area contributed by atoms with Crippen LogP contribution in [0.4, 0.5) is 5.82 Å². The Kier molecular flexibility index (Phi) is 1.43. The van der Waals surface area contributed by atoms with E-state index in [2.05, 4.69) is 4.98 Å². The van der Waals surface area contributed by atoms with E-state index in [1.165, 1.54) is 0 Å². The van der Waals surface area contributed by atoms with Crippen molar-refractivity contribution in [3.8, 4) is 5.75 Å². The third-order valence-corrected chi connectivity index (χ3v) is 1.89. The van der Waals surface area contributed by atoms with Gasteiger partial charge in [-0.15, -0.1) is 0 Å². The molecule has 12 heavy (non-hydrogen) atoms. The Hall–Kier alpha value is -1.64. The molecule has 0 aliphatic rings. The van der Waals surface area contributed by atoms with Gasteiger partial charge >= 0.3 is 0 Å². The lowest BCUT2D eigenvalue weighted by Gasteiger charge is -1.96. The van der Waals surface area contributed by atoms with Gasteiger partial charge in [0.2, 0.25) is 0 Å². The molecule has 0 aliphatic carbocycles. The molecule has 0 amide bonds. The predicted molar refractivity (Wildman–Crippen MR) is 49.3 cm³/mol. The molecule has 0 saturated carbocycles. The van der Waals surface area contributed by atoms with Crippen molar-refractivity contribution in [2.75, 3.05) is 12.8 Å². The summed E-state index contributed by atoms with van der Waals surface area (Å²) >= 11 is 0. The normalized spacial score (nSPS) is 10.4. The second kappa shape index (κ2) is 2.44. The molecule has 1 heterocycles. The minimum atomic E-state index is 0.582. The first-order valence-corrected chi connectivity index (χ1v) is 3.73. The average Bonchev–Trinajstić information content (AvgIpc) is 2.40. The summed E-state index contributed by atoms with van der Waals surface area (Å²) in [6.07, 6.45) is 0. The monoisotopic (exact) mass is 162 g/mol. The molecule has 0 unspecified atom stereocenters. The number of hydrogen-bond donors (Lipinski definition) is 2. The van der Waals surface area contributed by atoms with E-state index in [4.69, 9.17) is 10.5 Å². The minimum absolute atomic E-state index is 0.582. The van der Waals surface area contributed by atoms with Crippen LogP contribution in [0, 0.1) is 0 Å². The van der Waals surface area contributed by atoms with Crippen LogP contribution in [0.15, 0.2) is 24.3 Å². The maximum Gasteiger partial charge on any atom is 0.168 e. The highest BCUT2D eigenvalue weighted by Crippen LogP contribution is 2.30. The molecule has 0 atom stereocenters. The van der Waals surface area contributed by atoms with Crippen molar-refractivity contribution < 1.29 is 4.74 Å². The second-order valence-corrected chi connectivity index (χ2v) is 2.62. The van der Waals surface area contributed by atoms with Crippen LogP contribution in [0.1, 0.15) is 0 Å². The van der Waals surface area contributed by atoms with Gasteiger partial charge in [0.1, 0.15) is 5.82 Å². The van der Waals surface area contributed by atoms with Crippen molar-refractivity contribution >= 4 is 16.7 Å². The van der Waals surface area contributed by atoms with Crippen molar-refractivity contribution in [2.45, 2.75) is 0 Å². The van der Waals surface area contributed by atoms with Gasteiger partial charge in [-0.1, -0.05) is 12.1 Å². The molecule has 3 nitrogen and oxygen atoms in total. The van der Waals surface area contributed by atoms with Gasteiger partial charge in [0.05, 0.1) is 12.6 Å². The molecular formula is C9H10N2O. The Morgan fingerprint density at radius 2 is 2.08 bits per heavy atom. The van der Waals surface area contributed by atoms with Gasteiger partial charge in [-0.3, -0.25) is 0 Å². The molecule has 2 rings (SSSR count). The minimum Gasteiger partial charge on any atom is -0.492 e. The maximum atomic E-state index is 5.68. The zero-order chi connectivity index (χ0) is 8.55. The first-order chi connectivity index (χ1) is 5.83. The van der Waals surface area contributed by atoms with Crippen LogP contribution in [0.2, 0.25) is 0 Å². The van der Waals surface area contributed by atoms with Gasteiger partial charge in [0.15, 0.2) is 5.75 Å². The van der Waals surface area contributed by atoms with Crippen LogP contribution in [0.3, 0.4) is 0 Å². The van der Waals surface area contributed by atoms with Crippen LogP contribution >= 0.6 is 0 Å². The fourth-order valence-electron chi connectivity index (χ4n) is 1.36. The number of methoxy groups -OCH3 is 1. The number of aromatic amines is 1. The number of nitrogen functional groups attached to an aromatic ring is 1. The third kappa shape index (κ3) is 0.830. The molecule has 3 heteroatoms. The highest BCUT2D eigenvalue weighted by atomic mass is 16.5. The second-order valence-electron chi connectivity index (χ2n) is 2.62. The lowest BCUT2D eigenvalue weighted by Crippen LogP contribution is -1.88. The van der Waals surface area contributed by atoms with Gasteiger partial charge in [-0.25, -0.2) is 0 Å². The molecule has 0 spiro atoms. The van der Waals surface area contributed by atoms with E-state index < -0.39 is 0 Å². The first kappa shape index (κ1) is 7.03. The Labute approximate surface area is 70.1 Å². The number of nitrogens with one attached hydrogen (secondary N) is 1. The molecule has 62 valence electrons. The van der Waals surface area contributed by atoms with E-state index >= 15 is 0 Å². The maximum absolute atomic E-state index is 5.68. The average molecular weight is 162 g/mol. The smallest absolute Gasteiger partial charge is 0.168 e. The summed E-state index contributed by atoms with van der Waals surface area (Å²) in [6, 6.07) is 7.85. The van der Waals surface area contributed by atoms with E-state index in [0.717, 1.165) is 16.7 Å². The van der Waals surface area contributed by atoms with Crippen molar-refractivity contribution in [2.24, 2.45) is 0 Å². The number of hydrogen-bond acceptors (Lipinski definition) is 2. The van der Waals surface area contributed by atoms with Gasteiger partial charge in [0.25, 0.3) is 0 Å². The third-order valence-electron chi connectivity index (χ3n) is 1.89. The first-order valence-electron chi connectivity index (χ1n) is 3.73. The van der Waals surface area contributed by atoms with E-state index in [1.54, 1.807) is 7.11 Å². The van der Waals surface area contributed by atoms with E-state index in [1.807, 2.05) is 24.3 Å². The lowest BCUT2D eigenvalue weighted by molar-refractivity contribution is 0.422. The summed E-state index contributed by atoms with van der Waals surface area (Å²) in [5.41, 5.74) is 6.69. The SMILES string of the molecule is COc1c(N)[nH]c2ccccc12. The van der Waals surface area contributed by atoms with E-state index in [9.17, 15) is 0 Å². The number of H-pyrrole nitrogens is 1. The van der Waals surface area contributed by atoms with Gasteiger partial charge in [-0.05, 0) is 12.1 Å². The number of benzene rings is 1. The Morgan fingerprint density at radius 3 is 2.83 bits per heavy atom. The molecule has 0 saturated heterocycles. The zero-order valence-electron chi connectivity index (χ0n) is 6.79.